The molecule has 0 spiro atoms. The van der Waals surface area contributed by atoms with E-state index in [0.29, 0.717) is 11.2 Å². The maximum Gasteiger partial charge on any atom is 0.332 e. The van der Waals surface area contributed by atoms with E-state index >= 15 is 0 Å². The van der Waals surface area contributed by atoms with E-state index in [1.807, 2.05) is 35.9 Å². The molecule has 1 atom stereocenters. The molecule has 128 valence electrons. The molecule has 4 N–H and O–H groups in total. The van der Waals surface area contributed by atoms with Gasteiger partial charge in [0.05, 0.1) is 41.7 Å². The molecule has 2 heterocycles. The number of aliphatic hydroxyl groups excluding tert-OH is 1. The van der Waals surface area contributed by atoms with Crippen LogP contribution >= 0.6 is 0 Å². The lowest BCUT2D eigenvalue weighted by molar-refractivity contribution is 0.199. The van der Waals surface area contributed by atoms with Crippen LogP contribution in [0.5, 0.6) is 0 Å². The summed E-state index contributed by atoms with van der Waals surface area (Å²) in [5, 5.41) is 14.5. The van der Waals surface area contributed by atoms with E-state index in [4.69, 9.17) is 5.73 Å². The number of aliphatic hydroxyl groups is 1. The zero-order valence-corrected chi connectivity index (χ0v) is 13.8. The molecule has 2 aromatic heterocycles. The van der Waals surface area contributed by atoms with E-state index in [1.165, 1.54) is 6.21 Å². The molecule has 1 unspecified atom stereocenters. The summed E-state index contributed by atoms with van der Waals surface area (Å²) in [6, 6.07) is 6.64. The number of hydrogen-bond acceptors (Lipinski definition) is 5. The number of amides is 2. The first-order valence-electron chi connectivity index (χ1n) is 7.63. The van der Waals surface area contributed by atoms with Gasteiger partial charge in [0.1, 0.15) is 0 Å². The van der Waals surface area contributed by atoms with Crippen LogP contribution in [-0.4, -0.2) is 31.9 Å². The number of aryl methyl sites for hydroxylation is 1. The highest BCUT2D eigenvalue weighted by Gasteiger charge is 2.11. The number of nitrogens with zero attached hydrogens (tertiary/aromatic N) is 4. The van der Waals surface area contributed by atoms with E-state index < -0.39 is 12.1 Å². The third kappa shape index (κ3) is 3.48. The third-order valence-electron chi connectivity index (χ3n) is 3.81. The average Bonchev–Trinajstić information content (AvgIpc) is 2.99. The van der Waals surface area contributed by atoms with Crippen molar-refractivity contribution < 1.29 is 9.90 Å². The number of carbonyl (C=O) groups is 1. The smallest absolute Gasteiger partial charge is 0.332 e. The van der Waals surface area contributed by atoms with Crippen molar-refractivity contribution in [3.63, 3.8) is 0 Å². The second-order valence-electron chi connectivity index (χ2n) is 5.67. The highest BCUT2D eigenvalue weighted by Crippen LogP contribution is 2.26. The van der Waals surface area contributed by atoms with Crippen LogP contribution in [0.2, 0.25) is 0 Å². The van der Waals surface area contributed by atoms with E-state index in [0.717, 1.165) is 22.2 Å². The first-order valence-corrected chi connectivity index (χ1v) is 7.63. The number of benzene rings is 1. The summed E-state index contributed by atoms with van der Waals surface area (Å²) in [6.45, 7) is 1.70. The lowest BCUT2D eigenvalue weighted by atomic mass is 10.0. The maximum atomic E-state index is 10.8. The highest BCUT2D eigenvalue weighted by molar-refractivity contribution is 6.00. The predicted molar refractivity (Wildman–Crippen MR) is 94.9 cm³/mol. The van der Waals surface area contributed by atoms with Gasteiger partial charge in [0.15, 0.2) is 0 Å². The maximum absolute atomic E-state index is 10.8. The van der Waals surface area contributed by atoms with Crippen LogP contribution in [0.4, 0.5) is 4.79 Å². The van der Waals surface area contributed by atoms with Crippen LogP contribution in [0.1, 0.15) is 24.2 Å². The van der Waals surface area contributed by atoms with Gasteiger partial charge in [-0.1, -0.05) is 12.1 Å². The number of primary amides is 1. The Hall–Kier alpha value is -3.26. The normalized spacial score (nSPS) is 12.6. The Morgan fingerprint density at radius 2 is 2.24 bits per heavy atom. The molecule has 3 rings (SSSR count). The molecule has 0 radical (unpaired) electrons. The van der Waals surface area contributed by atoms with Crippen molar-refractivity contribution >= 4 is 23.1 Å². The van der Waals surface area contributed by atoms with Gasteiger partial charge in [-0.25, -0.2) is 20.2 Å². The zero-order valence-electron chi connectivity index (χ0n) is 13.8. The fourth-order valence-corrected chi connectivity index (χ4v) is 2.54. The largest absolute Gasteiger partial charge is 0.389 e. The van der Waals surface area contributed by atoms with Gasteiger partial charge >= 0.3 is 6.03 Å². The SMILES string of the molecule is CC(O)c1ccc2c(C=NNC(N)=O)cc(-c3cncn3C)nc2c1. The van der Waals surface area contributed by atoms with Gasteiger partial charge in [0, 0.05) is 18.0 Å². The molecule has 3 aromatic rings. The molecule has 8 heteroatoms. The second-order valence-corrected chi connectivity index (χ2v) is 5.67. The van der Waals surface area contributed by atoms with Crippen LogP contribution in [0, 0.1) is 0 Å². The lowest BCUT2D eigenvalue weighted by Gasteiger charge is -2.10. The molecule has 0 saturated heterocycles. The van der Waals surface area contributed by atoms with Gasteiger partial charge in [0.25, 0.3) is 0 Å². The minimum Gasteiger partial charge on any atom is -0.389 e. The summed E-state index contributed by atoms with van der Waals surface area (Å²) >= 11 is 0. The van der Waals surface area contributed by atoms with Crippen molar-refractivity contribution in [2.24, 2.45) is 17.9 Å². The summed E-state index contributed by atoms with van der Waals surface area (Å²) < 4.78 is 1.86. The first kappa shape index (κ1) is 16.6. The van der Waals surface area contributed by atoms with Crippen molar-refractivity contribution in [3.8, 4) is 11.4 Å². The molecule has 0 fully saturated rings. The van der Waals surface area contributed by atoms with Crippen molar-refractivity contribution in [1.82, 2.24) is 20.0 Å². The number of fused-ring (bicyclic) bond motifs is 1. The summed E-state index contributed by atoms with van der Waals surface area (Å²) in [7, 11) is 1.88. The van der Waals surface area contributed by atoms with Crippen molar-refractivity contribution in [3.05, 3.63) is 47.9 Å². The Bertz CT molecular complexity index is 961. The minimum atomic E-state index is -0.738. The minimum absolute atomic E-state index is 0.597. The average molecular weight is 338 g/mol. The van der Waals surface area contributed by atoms with Gasteiger partial charge in [-0.05, 0) is 24.6 Å². The van der Waals surface area contributed by atoms with Crippen LogP contribution in [0.15, 0.2) is 41.9 Å². The summed E-state index contributed by atoms with van der Waals surface area (Å²) in [6.07, 6.45) is 4.32. The Morgan fingerprint density at radius 1 is 1.44 bits per heavy atom. The van der Waals surface area contributed by atoms with Gasteiger partial charge in [-0.3, -0.25) is 0 Å². The van der Waals surface area contributed by atoms with Crippen molar-refractivity contribution in [1.29, 1.82) is 0 Å². The topological polar surface area (TPSA) is 118 Å². The number of aromatic nitrogens is 3. The second kappa shape index (κ2) is 6.70. The van der Waals surface area contributed by atoms with Gasteiger partial charge in [0.2, 0.25) is 0 Å². The lowest BCUT2D eigenvalue weighted by Crippen LogP contribution is -2.24. The molecule has 0 saturated carbocycles. The predicted octanol–water partition coefficient (Wildman–Crippen LogP) is 1.69. The molecule has 2 amide bonds. The fraction of sp³-hybridized carbons (Fsp3) is 0.176. The molecule has 0 aliphatic heterocycles. The van der Waals surface area contributed by atoms with E-state index in [1.54, 1.807) is 19.4 Å². The summed E-state index contributed by atoms with van der Waals surface area (Å²) in [5.41, 5.74) is 11.0. The van der Waals surface area contributed by atoms with Gasteiger partial charge in [-0.2, -0.15) is 5.10 Å². The Balaban J connectivity index is 2.19. The highest BCUT2D eigenvalue weighted by atomic mass is 16.3. The first-order chi connectivity index (χ1) is 12.0. The molecular weight excluding hydrogens is 320 g/mol. The number of carbonyl (C=O) groups excluding carboxylic acids is 1. The number of rotatable bonds is 4. The van der Waals surface area contributed by atoms with E-state index in [2.05, 4.69) is 20.5 Å². The number of urea groups is 1. The van der Waals surface area contributed by atoms with Gasteiger partial charge in [-0.15, -0.1) is 0 Å². The van der Waals surface area contributed by atoms with Crippen LogP contribution < -0.4 is 11.2 Å². The zero-order chi connectivity index (χ0) is 18.0. The van der Waals surface area contributed by atoms with Crippen molar-refractivity contribution in [2.75, 3.05) is 0 Å². The molecule has 0 bridgehead atoms. The number of imidazole rings is 1. The van der Waals surface area contributed by atoms with Crippen LogP contribution in [0.3, 0.4) is 0 Å². The molecular formula is C17H18N6O2. The Kier molecular flexibility index (Phi) is 4.44. The molecule has 25 heavy (non-hydrogen) atoms. The third-order valence-corrected chi connectivity index (χ3v) is 3.81. The molecule has 0 aliphatic rings. The standard InChI is InChI=1S/C17H18N6O2/c1-10(24)11-3-4-13-12(7-20-22-17(18)25)6-15(21-14(13)5-11)16-8-19-9-23(16)2/h3-10,24H,1-2H3,(H3,18,22,25). The van der Waals surface area contributed by atoms with E-state index in [-0.39, 0.29) is 0 Å². The van der Waals surface area contributed by atoms with Crippen LogP contribution in [-0.2, 0) is 7.05 Å². The van der Waals surface area contributed by atoms with Crippen molar-refractivity contribution in [2.45, 2.75) is 13.0 Å². The number of nitrogens with two attached hydrogens (primary N) is 1. The summed E-state index contributed by atoms with van der Waals surface area (Å²) in [4.78, 5) is 19.6. The van der Waals surface area contributed by atoms with Crippen LogP contribution in [0.25, 0.3) is 22.3 Å². The van der Waals surface area contributed by atoms with E-state index in [9.17, 15) is 9.90 Å². The quantitative estimate of drug-likeness (QED) is 0.495. The monoisotopic (exact) mass is 338 g/mol. The molecule has 1 aromatic carbocycles. The summed E-state index contributed by atoms with van der Waals surface area (Å²) in [5.74, 6) is 0. The van der Waals surface area contributed by atoms with Gasteiger partial charge < -0.3 is 15.4 Å². The number of pyridine rings is 1. The number of hydrazone groups is 1. The fourth-order valence-electron chi connectivity index (χ4n) is 2.54. The number of hydrogen-bond donors (Lipinski definition) is 3. The Morgan fingerprint density at radius 3 is 2.88 bits per heavy atom. The molecule has 0 aliphatic carbocycles. The number of nitrogens with one attached hydrogen (secondary N) is 1. The molecule has 8 nitrogen and oxygen atoms in total. The Labute approximate surface area is 144 Å².